The Morgan fingerprint density at radius 3 is 2.90 bits per heavy atom. The number of hydrogen-bond acceptors (Lipinski definition) is 8. The summed E-state index contributed by atoms with van der Waals surface area (Å²) in [5.41, 5.74) is -0.0283. The summed E-state index contributed by atoms with van der Waals surface area (Å²) in [5, 5.41) is 12.9. The fraction of sp³-hybridized carbons (Fsp3) is 0.435. The van der Waals surface area contributed by atoms with Gasteiger partial charge in [0.2, 0.25) is 0 Å². The predicted octanol–water partition coefficient (Wildman–Crippen LogP) is 4.14. The van der Waals surface area contributed by atoms with E-state index in [-0.39, 0.29) is 17.5 Å². The highest BCUT2D eigenvalue weighted by atomic mass is 32.2. The SMILES string of the molecule is COc1ccc2nc(C)nc(SCC(=O)c3ccc([C@]4(O)CCN(C)C[C@H]4C)s3)c2c1. The van der Waals surface area contributed by atoms with Gasteiger partial charge in [0.05, 0.1) is 23.3 Å². The Labute approximate surface area is 190 Å². The van der Waals surface area contributed by atoms with E-state index in [0.29, 0.717) is 17.1 Å². The molecule has 0 saturated carbocycles. The van der Waals surface area contributed by atoms with Crippen molar-refractivity contribution in [2.75, 3.05) is 33.0 Å². The lowest BCUT2D eigenvalue weighted by atomic mass is 9.81. The number of rotatable bonds is 6. The van der Waals surface area contributed by atoms with Crippen molar-refractivity contribution in [3.05, 3.63) is 45.9 Å². The maximum atomic E-state index is 12.9. The lowest BCUT2D eigenvalue weighted by Gasteiger charge is -2.41. The third kappa shape index (κ3) is 4.48. The Morgan fingerprint density at radius 1 is 1.35 bits per heavy atom. The molecule has 1 aromatic carbocycles. The molecule has 1 N–H and O–H groups in total. The number of carbonyl (C=O) groups is 1. The maximum absolute atomic E-state index is 12.9. The van der Waals surface area contributed by atoms with Crippen molar-refractivity contribution in [1.82, 2.24) is 14.9 Å². The zero-order valence-electron chi connectivity index (χ0n) is 18.2. The number of nitrogens with zero attached hydrogens (tertiary/aromatic N) is 3. The summed E-state index contributed by atoms with van der Waals surface area (Å²) in [4.78, 5) is 25.8. The van der Waals surface area contributed by atoms with Crippen LogP contribution in [-0.2, 0) is 5.60 Å². The van der Waals surface area contributed by atoms with Crippen LogP contribution in [0.4, 0.5) is 0 Å². The highest BCUT2D eigenvalue weighted by molar-refractivity contribution is 8.00. The van der Waals surface area contributed by atoms with Crippen molar-refractivity contribution >= 4 is 39.8 Å². The quantitative estimate of drug-likeness (QED) is 0.339. The Balaban J connectivity index is 1.51. The second-order valence-corrected chi connectivity index (χ2v) is 10.2. The van der Waals surface area contributed by atoms with Gasteiger partial charge in [-0.3, -0.25) is 4.79 Å². The Bertz CT molecular complexity index is 1120. The van der Waals surface area contributed by atoms with E-state index < -0.39 is 5.60 Å². The van der Waals surface area contributed by atoms with Crippen molar-refractivity contribution in [3.8, 4) is 5.75 Å². The minimum atomic E-state index is -0.862. The molecule has 8 heteroatoms. The highest BCUT2D eigenvalue weighted by Crippen LogP contribution is 2.40. The second kappa shape index (κ2) is 8.86. The average Bonchev–Trinajstić information content (AvgIpc) is 3.25. The van der Waals surface area contributed by atoms with Crippen LogP contribution >= 0.6 is 23.1 Å². The number of thiophene rings is 1. The van der Waals surface area contributed by atoms with Gasteiger partial charge < -0.3 is 14.7 Å². The Morgan fingerprint density at radius 2 is 2.16 bits per heavy atom. The van der Waals surface area contributed by atoms with Gasteiger partial charge >= 0.3 is 0 Å². The molecule has 0 amide bonds. The van der Waals surface area contributed by atoms with Gasteiger partial charge in [-0.2, -0.15) is 0 Å². The number of fused-ring (bicyclic) bond motifs is 1. The minimum Gasteiger partial charge on any atom is -0.497 e. The molecule has 0 spiro atoms. The molecule has 164 valence electrons. The van der Waals surface area contributed by atoms with Crippen LogP contribution in [0.25, 0.3) is 10.9 Å². The zero-order chi connectivity index (χ0) is 22.2. The van der Waals surface area contributed by atoms with Crippen LogP contribution in [0.5, 0.6) is 5.75 Å². The number of ketones is 1. The van der Waals surface area contributed by atoms with E-state index in [4.69, 9.17) is 4.74 Å². The van der Waals surface area contributed by atoms with E-state index in [2.05, 4.69) is 28.8 Å². The van der Waals surface area contributed by atoms with Gasteiger partial charge in [0.15, 0.2) is 5.78 Å². The number of aromatic nitrogens is 2. The van der Waals surface area contributed by atoms with E-state index >= 15 is 0 Å². The number of likely N-dealkylation sites (tertiary alicyclic amines) is 1. The average molecular weight is 458 g/mol. The first kappa shape index (κ1) is 22.2. The maximum Gasteiger partial charge on any atom is 0.183 e. The molecular weight excluding hydrogens is 430 g/mol. The van der Waals surface area contributed by atoms with Crippen LogP contribution in [0.1, 0.15) is 33.7 Å². The Hall–Kier alpha value is -2.00. The molecule has 31 heavy (non-hydrogen) atoms. The van der Waals surface area contributed by atoms with Gasteiger partial charge in [-0.1, -0.05) is 18.7 Å². The molecule has 1 aliphatic rings. The van der Waals surface area contributed by atoms with E-state index in [1.165, 1.54) is 23.1 Å². The number of thioether (sulfide) groups is 1. The summed E-state index contributed by atoms with van der Waals surface area (Å²) in [6, 6.07) is 9.44. The van der Waals surface area contributed by atoms with Gasteiger partial charge in [0.1, 0.15) is 22.2 Å². The predicted molar refractivity (Wildman–Crippen MR) is 125 cm³/mol. The fourth-order valence-corrected chi connectivity index (χ4v) is 6.24. The van der Waals surface area contributed by atoms with Crippen LogP contribution in [0.3, 0.4) is 0 Å². The summed E-state index contributed by atoms with van der Waals surface area (Å²) in [6.07, 6.45) is 0.682. The molecule has 4 rings (SSSR count). The summed E-state index contributed by atoms with van der Waals surface area (Å²) in [6.45, 7) is 5.62. The molecule has 3 heterocycles. The number of benzene rings is 1. The Kier molecular flexibility index (Phi) is 6.35. The van der Waals surface area contributed by atoms with Gasteiger partial charge in [-0.05, 0) is 50.7 Å². The molecule has 0 bridgehead atoms. The van der Waals surface area contributed by atoms with Crippen molar-refractivity contribution < 1.29 is 14.6 Å². The summed E-state index contributed by atoms with van der Waals surface area (Å²) in [7, 11) is 3.70. The van der Waals surface area contributed by atoms with Crippen molar-refractivity contribution in [3.63, 3.8) is 0 Å². The summed E-state index contributed by atoms with van der Waals surface area (Å²) < 4.78 is 5.33. The molecular formula is C23H27N3O3S2. The second-order valence-electron chi connectivity index (χ2n) is 8.17. The largest absolute Gasteiger partial charge is 0.497 e. The molecule has 0 radical (unpaired) electrons. The van der Waals surface area contributed by atoms with Crippen LogP contribution in [0.2, 0.25) is 0 Å². The third-order valence-corrected chi connectivity index (χ3v) is 8.19. The van der Waals surface area contributed by atoms with Crippen LogP contribution in [0.15, 0.2) is 35.4 Å². The lowest BCUT2D eigenvalue weighted by molar-refractivity contribution is -0.0631. The standard InChI is InChI=1S/C23H27N3O3S2/c1-14-12-26(3)10-9-23(14,28)21-8-7-20(31-21)19(27)13-30-22-17-11-16(29-4)5-6-18(17)24-15(2)25-22/h5-8,11,14,28H,9-10,12-13H2,1-4H3/t14-,23+/m1/s1. The minimum absolute atomic E-state index is 0.0396. The molecule has 3 aromatic rings. The van der Waals surface area contributed by atoms with Crippen LogP contribution < -0.4 is 4.74 Å². The molecule has 0 aliphatic carbocycles. The van der Waals surface area contributed by atoms with Gasteiger partial charge in [-0.25, -0.2) is 9.97 Å². The normalized spacial score (nSPS) is 22.0. The third-order valence-electron chi connectivity index (χ3n) is 5.90. The van der Waals surface area contributed by atoms with Gasteiger partial charge in [0, 0.05) is 29.3 Å². The smallest absolute Gasteiger partial charge is 0.183 e. The fourth-order valence-electron chi connectivity index (χ4n) is 4.04. The van der Waals surface area contributed by atoms with Crippen molar-refractivity contribution in [2.24, 2.45) is 5.92 Å². The number of hydrogen-bond donors (Lipinski definition) is 1. The van der Waals surface area contributed by atoms with E-state index in [9.17, 15) is 9.90 Å². The molecule has 0 unspecified atom stereocenters. The van der Waals surface area contributed by atoms with E-state index in [1.807, 2.05) is 37.3 Å². The lowest BCUT2D eigenvalue weighted by Crippen LogP contribution is -2.47. The number of carbonyl (C=O) groups excluding carboxylic acids is 1. The van der Waals surface area contributed by atoms with Crippen LogP contribution in [-0.4, -0.2) is 58.8 Å². The summed E-state index contributed by atoms with van der Waals surface area (Å²) in [5.74, 6) is 1.84. The first-order valence-corrected chi connectivity index (χ1v) is 12.1. The molecule has 6 nitrogen and oxygen atoms in total. The monoisotopic (exact) mass is 457 g/mol. The van der Waals surface area contributed by atoms with Crippen LogP contribution in [0, 0.1) is 12.8 Å². The number of ether oxygens (including phenoxy) is 1. The van der Waals surface area contributed by atoms with Gasteiger partial charge in [-0.15, -0.1) is 11.3 Å². The topological polar surface area (TPSA) is 75.5 Å². The van der Waals surface area contributed by atoms with Gasteiger partial charge in [0.25, 0.3) is 0 Å². The first-order chi connectivity index (χ1) is 14.8. The summed E-state index contributed by atoms with van der Waals surface area (Å²) >= 11 is 2.83. The number of Topliss-reactive ketones (excluding diaryl/α,β-unsaturated/α-hetero) is 1. The highest BCUT2D eigenvalue weighted by Gasteiger charge is 2.40. The molecule has 2 atom stereocenters. The molecule has 1 fully saturated rings. The molecule has 2 aromatic heterocycles. The van der Waals surface area contributed by atoms with E-state index in [1.54, 1.807) is 7.11 Å². The number of methoxy groups -OCH3 is 1. The number of piperidine rings is 1. The first-order valence-electron chi connectivity index (χ1n) is 10.3. The van der Waals surface area contributed by atoms with Crippen molar-refractivity contribution in [1.29, 1.82) is 0 Å². The number of aliphatic hydroxyl groups is 1. The number of aryl methyl sites for hydroxylation is 1. The molecule has 1 aliphatic heterocycles. The van der Waals surface area contributed by atoms with Crippen molar-refractivity contribution in [2.45, 2.75) is 30.9 Å². The zero-order valence-corrected chi connectivity index (χ0v) is 19.8. The van der Waals surface area contributed by atoms with E-state index in [0.717, 1.165) is 39.6 Å². The molecule has 1 saturated heterocycles.